The van der Waals surface area contributed by atoms with Gasteiger partial charge >= 0.3 is 5.97 Å². The van der Waals surface area contributed by atoms with Gasteiger partial charge in [0, 0.05) is 31.9 Å². The molecule has 2 N–H and O–H groups in total. The number of hydrogen-bond donors (Lipinski definition) is 2. The van der Waals surface area contributed by atoms with E-state index in [9.17, 15) is 9.90 Å². The first-order chi connectivity index (χ1) is 10.7. The largest absolute Gasteiger partial charge is 0.480 e. The third kappa shape index (κ3) is 3.00. The van der Waals surface area contributed by atoms with E-state index in [0.717, 1.165) is 13.1 Å². The van der Waals surface area contributed by atoms with Crippen molar-refractivity contribution in [3.05, 3.63) is 47.0 Å². The van der Waals surface area contributed by atoms with Crippen LogP contribution in [0, 0.1) is 0 Å². The molecular weight excluding hydrogens is 348 g/mol. The molecule has 3 rings (SSSR count). The van der Waals surface area contributed by atoms with E-state index < -0.39 is 12.0 Å². The SMILES string of the molecule is O=C(O)C(c1[nH]cnc1Br)N1CCN(c2ccccc2)CC1. The Balaban J connectivity index is 1.72. The molecule has 0 saturated carbocycles. The van der Waals surface area contributed by atoms with Crippen LogP contribution in [0.4, 0.5) is 5.69 Å². The van der Waals surface area contributed by atoms with Crippen LogP contribution in [0.5, 0.6) is 0 Å². The lowest BCUT2D eigenvalue weighted by molar-refractivity contribution is -0.144. The van der Waals surface area contributed by atoms with Gasteiger partial charge in [0.15, 0.2) is 6.04 Å². The number of aromatic nitrogens is 2. The number of carboxylic acid groups (broad SMARTS) is 1. The molecular formula is C15H17BrN4O2. The maximum absolute atomic E-state index is 11.7. The lowest BCUT2D eigenvalue weighted by atomic mass is 10.1. The number of piperazine rings is 1. The monoisotopic (exact) mass is 364 g/mol. The summed E-state index contributed by atoms with van der Waals surface area (Å²) in [6, 6.07) is 9.49. The summed E-state index contributed by atoms with van der Waals surface area (Å²) >= 11 is 3.31. The average Bonchev–Trinajstić information content (AvgIpc) is 2.95. The third-order valence-corrected chi connectivity index (χ3v) is 4.56. The number of benzene rings is 1. The Kier molecular flexibility index (Phi) is 4.44. The predicted octanol–water partition coefficient (Wildman–Crippen LogP) is 2.12. The molecule has 1 aliphatic rings. The molecule has 7 heteroatoms. The molecule has 0 radical (unpaired) electrons. The molecule has 1 aromatic carbocycles. The molecule has 22 heavy (non-hydrogen) atoms. The van der Waals surface area contributed by atoms with Crippen LogP contribution in [-0.2, 0) is 4.79 Å². The number of para-hydroxylation sites is 1. The van der Waals surface area contributed by atoms with Crippen molar-refractivity contribution in [3.8, 4) is 0 Å². The van der Waals surface area contributed by atoms with Gasteiger partial charge in [-0.2, -0.15) is 0 Å². The zero-order valence-electron chi connectivity index (χ0n) is 11.9. The highest BCUT2D eigenvalue weighted by Crippen LogP contribution is 2.27. The Morgan fingerprint density at radius 1 is 1.23 bits per heavy atom. The summed E-state index contributed by atoms with van der Waals surface area (Å²) in [4.78, 5) is 22.9. The van der Waals surface area contributed by atoms with Gasteiger partial charge in [-0.25, -0.2) is 4.98 Å². The molecule has 0 amide bonds. The van der Waals surface area contributed by atoms with Crippen molar-refractivity contribution in [1.82, 2.24) is 14.9 Å². The fourth-order valence-electron chi connectivity index (χ4n) is 2.82. The molecule has 1 atom stereocenters. The van der Waals surface area contributed by atoms with Crippen molar-refractivity contribution >= 4 is 27.6 Å². The molecule has 2 aromatic rings. The van der Waals surface area contributed by atoms with Gasteiger partial charge in [0.1, 0.15) is 4.60 Å². The number of aromatic amines is 1. The zero-order valence-corrected chi connectivity index (χ0v) is 13.5. The van der Waals surface area contributed by atoms with Crippen LogP contribution in [0.1, 0.15) is 11.7 Å². The number of anilines is 1. The first-order valence-corrected chi connectivity index (χ1v) is 7.91. The standard InChI is InChI=1S/C15H17BrN4O2/c16-14-12(17-10-18-14)13(15(21)22)20-8-6-19(7-9-20)11-4-2-1-3-5-11/h1-5,10,13H,6-9H2,(H,17,18)(H,21,22). The Morgan fingerprint density at radius 2 is 1.91 bits per heavy atom. The summed E-state index contributed by atoms with van der Waals surface area (Å²) in [5, 5.41) is 9.58. The second-order valence-corrected chi connectivity index (χ2v) is 5.96. The number of aliphatic carboxylic acids is 1. The molecule has 0 spiro atoms. The normalized spacial score (nSPS) is 17.4. The van der Waals surface area contributed by atoms with Gasteiger partial charge in [0.2, 0.25) is 0 Å². The van der Waals surface area contributed by atoms with Crippen LogP contribution in [0.3, 0.4) is 0 Å². The fraction of sp³-hybridized carbons (Fsp3) is 0.333. The Labute approximate surface area is 136 Å². The quantitative estimate of drug-likeness (QED) is 0.869. The van der Waals surface area contributed by atoms with E-state index in [2.05, 4.69) is 42.9 Å². The number of carbonyl (C=O) groups is 1. The first-order valence-electron chi connectivity index (χ1n) is 7.12. The van der Waals surface area contributed by atoms with Gasteiger partial charge in [-0.05, 0) is 28.1 Å². The Morgan fingerprint density at radius 3 is 2.45 bits per heavy atom. The van der Waals surface area contributed by atoms with E-state index in [-0.39, 0.29) is 0 Å². The molecule has 1 fully saturated rings. The highest BCUT2D eigenvalue weighted by Gasteiger charge is 2.32. The molecule has 1 aromatic heterocycles. The number of nitrogens with one attached hydrogen (secondary N) is 1. The van der Waals surface area contributed by atoms with Gasteiger partial charge in [-0.3, -0.25) is 9.69 Å². The highest BCUT2D eigenvalue weighted by atomic mass is 79.9. The van der Waals surface area contributed by atoms with Crippen LogP contribution < -0.4 is 4.90 Å². The van der Waals surface area contributed by atoms with Crippen LogP contribution in [0.2, 0.25) is 0 Å². The van der Waals surface area contributed by atoms with Gasteiger partial charge in [0.05, 0.1) is 12.0 Å². The van der Waals surface area contributed by atoms with Crippen molar-refractivity contribution in [3.63, 3.8) is 0 Å². The predicted molar refractivity (Wildman–Crippen MR) is 86.9 cm³/mol. The van der Waals surface area contributed by atoms with Crippen LogP contribution in [0.25, 0.3) is 0 Å². The van der Waals surface area contributed by atoms with E-state index in [1.54, 1.807) is 0 Å². The molecule has 1 unspecified atom stereocenters. The molecule has 6 nitrogen and oxygen atoms in total. The highest BCUT2D eigenvalue weighted by molar-refractivity contribution is 9.10. The van der Waals surface area contributed by atoms with E-state index in [1.165, 1.54) is 12.0 Å². The molecule has 116 valence electrons. The van der Waals surface area contributed by atoms with Gasteiger partial charge in [0.25, 0.3) is 0 Å². The van der Waals surface area contributed by atoms with E-state index >= 15 is 0 Å². The van der Waals surface area contributed by atoms with Crippen molar-refractivity contribution in [1.29, 1.82) is 0 Å². The molecule has 1 aliphatic heterocycles. The summed E-state index contributed by atoms with van der Waals surface area (Å²) in [6.07, 6.45) is 1.51. The molecule has 0 bridgehead atoms. The molecule has 2 heterocycles. The number of hydrogen-bond acceptors (Lipinski definition) is 4. The second-order valence-electron chi connectivity index (χ2n) is 5.21. The van der Waals surface area contributed by atoms with Crippen LogP contribution >= 0.6 is 15.9 Å². The molecule has 1 saturated heterocycles. The summed E-state index contributed by atoms with van der Waals surface area (Å²) in [5.74, 6) is -0.863. The van der Waals surface area contributed by atoms with Crippen molar-refractivity contribution in [2.75, 3.05) is 31.1 Å². The number of H-pyrrole nitrogens is 1. The van der Waals surface area contributed by atoms with E-state index in [1.807, 2.05) is 23.1 Å². The van der Waals surface area contributed by atoms with E-state index in [0.29, 0.717) is 23.4 Å². The minimum Gasteiger partial charge on any atom is -0.480 e. The van der Waals surface area contributed by atoms with Gasteiger partial charge in [-0.15, -0.1) is 0 Å². The number of imidazole rings is 1. The summed E-state index contributed by atoms with van der Waals surface area (Å²) in [6.45, 7) is 2.99. The topological polar surface area (TPSA) is 72.5 Å². The van der Waals surface area contributed by atoms with Crippen LogP contribution in [0.15, 0.2) is 41.3 Å². The van der Waals surface area contributed by atoms with Gasteiger partial charge < -0.3 is 15.0 Å². The van der Waals surface area contributed by atoms with Crippen molar-refractivity contribution in [2.24, 2.45) is 0 Å². The number of rotatable bonds is 4. The summed E-state index contributed by atoms with van der Waals surface area (Å²) < 4.78 is 0.561. The minimum atomic E-state index is -0.863. The molecule has 0 aliphatic carbocycles. The number of nitrogens with zero attached hydrogens (tertiary/aromatic N) is 3. The lowest BCUT2D eigenvalue weighted by Gasteiger charge is -2.38. The smallest absolute Gasteiger partial charge is 0.327 e. The van der Waals surface area contributed by atoms with Gasteiger partial charge in [-0.1, -0.05) is 18.2 Å². The zero-order chi connectivity index (χ0) is 15.5. The Hall–Kier alpha value is -1.86. The average molecular weight is 365 g/mol. The summed E-state index contributed by atoms with van der Waals surface area (Å²) in [7, 11) is 0. The van der Waals surface area contributed by atoms with Crippen LogP contribution in [-0.4, -0.2) is 52.1 Å². The maximum atomic E-state index is 11.7. The van der Waals surface area contributed by atoms with Crippen molar-refractivity contribution < 1.29 is 9.90 Å². The lowest BCUT2D eigenvalue weighted by Crippen LogP contribution is -2.49. The minimum absolute atomic E-state index is 0.561. The fourth-order valence-corrected chi connectivity index (χ4v) is 3.25. The van der Waals surface area contributed by atoms with E-state index in [4.69, 9.17) is 0 Å². The van der Waals surface area contributed by atoms with Crippen molar-refractivity contribution in [2.45, 2.75) is 6.04 Å². The first kappa shape index (κ1) is 15.1. The third-order valence-electron chi connectivity index (χ3n) is 3.93. The number of carboxylic acids is 1. The maximum Gasteiger partial charge on any atom is 0.327 e. The second kappa shape index (κ2) is 6.50. The number of halogens is 1. The Bertz CT molecular complexity index is 638. The summed E-state index contributed by atoms with van der Waals surface area (Å²) in [5.41, 5.74) is 1.78.